The Morgan fingerprint density at radius 3 is 2.48 bits per heavy atom. The number of urea groups is 1. The molecule has 0 spiro atoms. The van der Waals surface area contributed by atoms with Gasteiger partial charge in [-0.25, -0.2) is 19.3 Å². The molecule has 1 heterocycles. The van der Waals surface area contributed by atoms with E-state index in [1.165, 1.54) is 4.90 Å². The summed E-state index contributed by atoms with van der Waals surface area (Å²) in [5.74, 6) is 0. The molecule has 0 aliphatic heterocycles. The van der Waals surface area contributed by atoms with Crippen molar-refractivity contribution in [3.05, 3.63) is 101 Å². The monoisotopic (exact) mass is 632 g/mol. The van der Waals surface area contributed by atoms with E-state index in [1.54, 1.807) is 37.5 Å². The molecule has 1 unspecified atom stereocenters. The van der Waals surface area contributed by atoms with Gasteiger partial charge in [0.25, 0.3) is 0 Å². The summed E-state index contributed by atoms with van der Waals surface area (Å²) in [5, 5.41) is 4.66. The Hall–Kier alpha value is -4.44. The van der Waals surface area contributed by atoms with Crippen molar-refractivity contribution in [1.29, 1.82) is 0 Å². The average molecular weight is 634 g/mol. The molecule has 0 fully saturated rings. The van der Waals surface area contributed by atoms with E-state index in [2.05, 4.69) is 26.2 Å². The van der Waals surface area contributed by atoms with Gasteiger partial charge in [0.1, 0.15) is 6.10 Å². The van der Waals surface area contributed by atoms with E-state index in [9.17, 15) is 14.4 Å². The first-order valence-corrected chi connectivity index (χ1v) is 14.5. The fourth-order valence-electron chi connectivity index (χ4n) is 4.49. The van der Waals surface area contributed by atoms with Gasteiger partial charge in [0.05, 0.1) is 12.3 Å². The number of para-hydroxylation sites is 1. The van der Waals surface area contributed by atoms with E-state index in [-0.39, 0.29) is 19.6 Å². The first-order chi connectivity index (χ1) is 20.4. The molecule has 0 radical (unpaired) electrons. The zero-order valence-corrected chi connectivity index (χ0v) is 25.1. The van der Waals surface area contributed by atoms with Crippen molar-refractivity contribution in [3.63, 3.8) is 0 Å². The third-order valence-corrected chi connectivity index (χ3v) is 6.87. The fourth-order valence-corrected chi connectivity index (χ4v) is 4.90. The van der Waals surface area contributed by atoms with Gasteiger partial charge in [0, 0.05) is 47.5 Å². The molecule has 9 nitrogen and oxygen atoms in total. The van der Waals surface area contributed by atoms with Crippen LogP contribution < -0.4 is 10.2 Å². The molecule has 0 bridgehead atoms. The summed E-state index contributed by atoms with van der Waals surface area (Å²) in [5.41, 5.74) is 2.17. The predicted octanol–water partition coefficient (Wildman–Crippen LogP) is 7.65. The second-order valence-corrected chi connectivity index (χ2v) is 10.5. The van der Waals surface area contributed by atoms with E-state index >= 15 is 0 Å². The molecule has 3 aromatic carbocycles. The van der Waals surface area contributed by atoms with Gasteiger partial charge in [-0.2, -0.15) is 0 Å². The number of imide groups is 1. The highest BCUT2D eigenvalue weighted by Crippen LogP contribution is 2.23. The summed E-state index contributed by atoms with van der Waals surface area (Å²) in [6.45, 7) is 3.92. The molecular formula is C32H33BrN4O5. The number of halogens is 1. The first kappa shape index (κ1) is 30.5. The Labute approximate surface area is 253 Å². The van der Waals surface area contributed by atoms with Crippen LogP contribution in [0, 0.1) is 0 Å². The summed E-state index contributed by atoms with van der Waals surface area (Å²) in [6.07, 6.45) is 2.11. The lowest BCUT2D eigenvalue weighted by molar-refractivity contribution is 0.0770. The van der Waals surface area contributed by atoms with Crippen LogP contribution in [0.4, 0.5) is 25.8 Å². The van der Waals surface area contributed by atoms with Crippen LogP contribution in [0.15, 0.2) is 95.7 Å². The topological polar surface area (TPSA) is 101 Å². The molecule has 4 rings (SSSR count). The summed E-state index contributed by atoms with van der Waals surface area (Å²) in [4.78, 5) is 46.1. The minimum absolute atomic E-state index is 0.00624. The number of nitrogens with zero attached hydrogens (tertiary/aromatic N) is 3. The molecule has 218 valence electrons. The second-order valence-electron chi connectivity index (χ2n) is 9.57. The highest BCUT2D eigenvalue weighted by Gasteiger charge is 2.29. The van der Waals surface area contributed by atoms with Crippen molar-refractivity contribution in [2.75, 3.05) is 29.9 Å². The van der Waals surface area contributed by atoms with Gasteiger partial charge in [-0.05, 0) is 71.4 Å². The van der Waals surface area contributed by atoms with Crippen LogP contribution in [0.2, 0.25) is 0 Å². The van der Waals surface area contributed by atoms with E-state index in [0.29, 0.717) is 24.3 Å². The van der Waals surface area contributed by atoms with Crippen molar-refractivity contribution in [3.8, 4) is 0 Å². The highest BCUT2D eigenvalue weighted by atomic mass is 79.9. The molecule has 0 saturated heterocycles. The molecule has 10 heteroatoms. The summed E-state index contributed by atoms with van der Waals surface area (Å²) in [7, 11) is 0. The lowest BCUT2D eigenvalue weighted by Crippen LogP contribution is -2.48. The Morgan fingerprint density at radius 1 is 0.976 bits per heavy atom. The number of pyridine rings is 1. The lowest BCUT2D eigenvalue weighted by Gasteiger charge is -2.29. The zero-order chi connectivity index (χ0) is 29.9. The molecule has 1 aromatic heterocycles. The summed E-state index contributed by atoms with van der Waals surface area (Å²) >= 11 is 3.40. The number of rotatable bonds is 10. The molecular weight excluding hydrogens is 600 g/mol. The van der Waals surface area contributed by atoms with Crippen molar-refractivity contribution >= 4 is 56.3 Å². The van der Waals surface area contributed by atoms with Crippen LogP contribution >= 0.6 is 15.9 Å². The minimum atomic E-state index is -0.773. The van der Waals surface area contributed by atoms with Crippen molar-refractivity contribution in [1.82, 2.24) is 9.88 Å². The van der Waals surface area contributed by atoms with Gasteiger partial charge in [-0.3, -0.25) is 15.2 Å². The maximum Gasteiger partial charge on any atom is 0.418 e. The van der Waals surface area contributed by atoms with Crippen molar-refractivity contribution in [2.24, 2.45) is 0 Å². The molecule has 0 saturated carbocycles. The highest BCUT2D eigenvalue weighted by molar-refractivity contribution is 9.10. The average Bonchev–Trinajstić information content (AvgIpc) is 2.98. The van der Waals surface area contributed by atoms with Crippen molar-refractivity contribution in [2.45, 2.75) is 32.8 Å². The molecule has 0 aliphatic carbocycles. The third kappa shape index (κ3) is 8.29. The second kappa shape index (κ2) is 15.0. The maximum absolute atomic E-state index is 13.6. The molecule has 4 aromatic rings. The number of benzene rings is 3. The van der Waals surface area contributed by atoms with Crippen LogP contribution in [0.1, 0.15) is 25.8 Å². The number of carbonyl (C=O) groups excluding carboxylic acids is 3. The van der Waals surface area contributed by atoms with Crippen LogP contribution in [-0.2, 0) is 15.9 Å². The molecule has 42 heavy (non-hydrogen) atoms. The van der Waals surface area contributed by atoms with Gasteiger partial charge in [0.15, 0.2) is 0 Å². The lowest BCUT2D eigenvalue weighted by atomic mass is 10.1. The number of hydrogen-bond donors (Lipinski definition) is 1. The third-order valence-electron chi connectivity index (χ3n) is 6.44. The number of carbonyl (C=O) groups is 3. The molecule has 1 N–H and O–H groups in total. The van der Waals surface area contributed by atoms with Crippen molar-refractivity contribution < 1.29 is 23.9 Å². The fraction of sp³-hybridized carbons (Fsp3) is 0.250. The Kier molecular flexibility index (Phi) is 10.9. The van der Waals surface area contributed by atoms with E-state index in [1.807, 2.05) is 67.6 Å². The minimum Gasteiger partial charge on any atom is -0.449 e. The molecule has 1 atom stereocenters. The van der Waals surface area contributed by atoms with E-state index in [0.717, 1.165) is 25.7 Å². The van der Waals surface area contributed by atoms with Gasteiger partial charge >= 0.3 is 18.2 Å². The van der Waals surface area contributed by atoms with Crippen LogP contribution in [-0.4, -0.2) is 53.9 Å². The predicted molar refractivity (Wildman–Crippen MR) is 167 cm³/mol. The van der Waals surface area contributed by atoms with E-state index < -0.39 is 24.3 Å². The zero-order valence-electron chi connectivity index (χ0n) is 23.5. The number of aromatic nitrogens is 1. The maximum atomic E-state index is 13.6. The number of nitrogens with one attached hydrogen (secondary N) is 1. The quantitative estimate of drug-likeness (QED) is 0.180. The number of fused-ring (bicyclic) bond motifs is 1. The Morgan fingerprint density at radius 2 is 1.71 bits per heavy atom. The number of amides is 4. The van der Waals surface area contributed by atoms with Gasteiger partial charge in [0.2, 0.25) is 0 Å². The van der Waals surface area contributed by atoms with Crippen LogP contribution in [0.25, 0.3) is 10.8 Å². The number of anilines is 2. The number of ether oxygens (including phenoxy) is 2. The largest absolute Gasteiger partial charge is 0.449 e. The standard InChI is InChI=1S/C32H33BrN4O5/c1-3-36(27-13-5-4-6-14-27)31(39)37(32(40)42-23(2)19-24-20-26(33)22-34-21-24)17-10-18-41-30(38)35-29-16-9-12-25-11-7-8-15-28(25)29/h4-9,11-16,20-23H,3,10,17-19H2,1-2H3,(H,35,38). The van der Waals surface area contributed by atoms with Crippen LogP contribution in [0.3, 0.4) is 0 Å². The summed E-state index contributed by atoms with van der Waals surface area (Å²) in [6, 6.07) is 23.8. The SMILES string of the molecule is CCN(C(=O)N(CCCOC(=O)Nc1cccc2ccccc12)C(=O)OC(C)Cc1cncc(Br)c1)c1ccccc1. The molecule has 4 amide bonds. The van der Waals surface area contributed by atoms with Crippen LogP contribution in [0.5, 0.6) is 0 Å². The first-order valence-electron chi connectivity index (χ1n) is 13.7. The van der Waals surface area contributed by atoms with Gasteiger partial charge in [-0.15, -0.1) is 0 Å². The van der Waals surface area contributed by atoms with E-state index in [4.69, 9.17) is 9.47 Å². The van der Waals surface area contributed by atoms with Gasteiger partial charge < -0.3 is 9.47 Å². The Bertz CT molecular complexity index is 1510. The molecule has 0 aliphatic rings. The smallest absolute Gasteiger partial charge is 0.418 e. The number of hydrogen-bond acceptors (Lipinski definition) is 6. The van der Waals surface area contributed by atoms with Gasteiger partial charge in [-0.1, -0.05) is 54.6 Å². The normalized spacial score (nSPS) is 11.4. The Balaban J connectivity index is 1.39. The summed E-state index contributed by atoms with van der Waals surface area (Å²) < 4.78 is 11.9.